The van der Waals surface area contributed by atoms with Crippen LogP contribution in [-0.4, -0.2) is 16.2 Å². The molecular weight excluding hydrogens is 292 g/mol. The zero-order valence-corrected chi connectivity index (χ0v) is 12.8. The molecule has 0 aliphatic heterocycles. The fourth-order valence-corrected chi connectivity index (χ4v) is 3.34. The summed E-state index contributed by atoms with van der Waals surface area (Å²) in [5.74, 6) is 0. The molecule has 108 valence electrons. The maximum Gasteiger partial charge on any atom is 0.204 e. The first kappa shape index (κ1) is 13.0. The van der Waals surface area contributed by atoms with Crippen LogP contribution in [0.2, 0.25) is 0 Å². The van der Waals surface area contributed by atoms with Gasteiger partial charge in [-0.1, -0.05) is 41.7 Å². The van der Waals surface area contributed by atoms with Crippen LogP contribution in [0.15, 0.2) is 53.6 Å². The summed E-state index contributed by atoms with van der Waals surface area (Å²) in [6.45, 7) is 2.10. The Balaban J connectivity index is 1.56. The summed E-state index contributed by atoms with van der Waals surface area (Å²) >= 11 is 1.62. The molecule has 0 atom stereocenters. The molecule has 0 aliphatic rings. The zero-order chi connectivity index (χ0) is 14.9. The zero-order valence-electron chi connectivity index (χ0n) is 12.0. The molecule has 4 nitrogen and oxygen atoms in total. The molecular formula is C17H14N4S. The summed E-state index contributed by atoms with van der Waals surface area (Å²) in [6.07, 6.45) is 1.78. The number of hydrazone groups is 1. The molecule has 0 aliphatic carbocycles. The summed E-state index contributed by atoms with van der Waals surface area (Å²) in [4.78, 5) is 7.84. The third kappa shape index (κ3) is 2.35. The SMILES string of the molecule is Cc1cccc2nc(N/N=C/c3cc4ccccc4[nH]3)sc12. The van der Waals surface area contributed by atoms with Crippen LogP contribution < -0.4 is 5.43 Å². The van der Waals surface area contributed by atoms with Gasteiger partial charge < -0.3 is 4.98 Å². The van der Waals surface area contributed by atoms with Crippen molar-refractivity contribution in [3.05, 3.63) is 59.8 Å². The Morgan fingerprint density at radius 3 is 2.95 bits per heavy atom. The number of nitrogens with one attached hydrogen (secondary N) is 2. The average Bonchev–Trinajstić information content (AvgIpc) is 3.11. The van der Waals surface area contributed by atoms with Gasteiger partial charge in [-0.15, -0.1) is 0 Å². The van der Waals surface area contributed by atoms with Gasteiger partial charge in [0, 0.05) is 10.9 Å². The number of hydrogen-bond donors (Lipinski definition) is 2. The average molecular weight is 306 g/mol. The second-order valence-electron chi connectivity index (χ2n) is 5.12. The maximum atomic E-state index is 4.53. The van der Waals surface area contributed by atoms with Crippen LogP contribution in [0.25, 0.3) is 21.1 Å². The van der Waals surface area contributed by atoms with E-state index in [9.17, 15) is 0 Å². The van der Waals surface area contributed by atoms with Crippen molar-refractivity contribution in [3.63, 3.8) is 0 Å². The number of nitrogens with zero attached hydrogens (tertiary/aromatic N) is 2. The van der Waals surface area contributed by atoms with Crippen LogP contribution in [0.3, 0.4) is 0 Å². The van der Waals surface area contributed by atoms with Crippen molar-refractivity contribution in [1.29, 1.82) is 0 Å². The molecule has 0 amide bonds. The standard InChI is InChI=1S/C17H14N4S/c1-11-5-4-8-15-16(11)22-17(20-15)21-18-10-13-9-12-6-2-3-7-14(12)19-13/h2-10,19H,1H3,(H,20,21)/b18-10+. The van der Waals surface area contributed by atoms with Crippen molar-refractivity contribution in [3.8, 4) is 0 Å². The summed E-state index contributed by atoms with van der Waals surface area (Å²) in [6, 6.07) is 16.4. The smallest absolute Gasteiger partial charge is 0.204 e. The Bertz CT molecular complexity index is 948. The second kappa shape index (κ2) is 5.27. The molecule has 2 heterocycles. The van der Waals surface area contributed by atoms with Crippen LogP contribution in [0.5, 0.6) is 0 Å². The highest BCUT2D eigenvalue weighted by Crippen LogP contribution is 2.28. The van der Waals surface area contributed by atoms with Crippen molar-refractivity contribution in [2.75, 3.05) is 5.43 Å². The van der Waals surface area contributed by atoms with Gasteiger partial charge in [0.05, 0.1) is 22.1 Å². The number of aromatic amines is 1. The minimum absolute atomic E-state index is 0.802. The summed E-state index contributed by atoms with van der Waals surface area (Å²) in [7, 11) is 0. The topological polar surface area (TPSA) is 53.1 Å². The number of para-hydroxylation sites is 1. The lowest BCUT2D eigenvalue weighted by molar-refractivity contribution is 1.30. The lowest BCUT2D eigenvalue weighted by Crippen LogP contribution is -1.89. The van der Waals surface area contributed by atoms with Gasteiger partial charge in [0.2, 0.25) is 5.13 Å². The largest absolute Gasteiger partial charge is 0.354 e. The molecule has 0 unspecified atom stereocenters. The minimum atomic E-state index is 0.802. The van der Waals surface area contributed by atoms with E-state index < -0.39 is 0 Å². The lowest BCUT2D eigenvalue weighted by Gasteiger charge is -1.91. The number of thiazole rings is 1. The number of benzene rings is 2. The van der Waals surface area contributed by atoms with Crippen molar-refractivity contribution in [2.24, 2.45) is 5.10 Å². The monoisotopic (exact) mass is 306 g/mol. The molecule has 4 aromatic rings. The van der Waals surface area contributed by atoms with Crippen LogP contribution >= 0.6 is 11.3 Å². The Labute approximate surface area is 131 Å². The molecule has 0 bridgehead atoms. The number of hydrogen-bond acceptors (Lipinski definition) is 4. The number of anilines is 1. The first-order valence-electron chi connectivity index (χ1n) is 7.02. The van der Waals surface area contributed by atoms with Gasteiger partial charge in [-0.2, -0.15) is 5.10 Å². The third-order valence-electron chi connectivity index (χ3n) is 3.53. The predicted molar refractivity (Wildman–Crippen MR) is 93.9 cm³/mol. The van der Waals surface area contributed by atoms with E-state index in [1.165, 1.54) is 15.6 Å². The molecule has 5 heteroatoms. The Morgan fingerprint density at radius 1 is 1.18 bits per heavy atom. The van der Waals surface area contributed by atoms with Gasteiger partial charge in [-0.05, 0) is 30.7 Å². The highest BCUT2D eigenvalue weighted by molar-refractivity contribution is 7.22. The maximum absolute atomic E-state index is 4.53. The van der Waals surface area contributed by atoms with Gasteiger partial charge >= 0.3 is 0 Å². The number of rotatable bonds is 3. The third-order valence-corrected chi connectivity index (χ3v) is 4.64. The highest BCUT2D eigenvalue weighted by Gasteiger charge is 2.04. The van der Waals surface area contributed by atoms with E-state index in [1.54, 1.807) is 17.6 Å². The first-order chi connectivity index (χ1) is 10.8. The fourth-order valence-electron chi connectivity index (χ4n) is 2.46. The van der Waals surface area contributed by atoms with E-state index in [0.29, 0.717) is 0 Å². The van der Waals surface area contributed by atoms with Gasteiger partial charge in [-0.25, -0.2) is 4.98 Å². The summed E-state index contributed by atoms with van der Waals surface area (Å²) < 4.78 is 1.20. The van der Waals surface area contributed by atoms with E-state index >= 15 is 0 Å². The highest BCUT2D eigenvalue weighted by atomic mass is 32.1. The first-order valence-corrected chi connectivity index (χ1v) is 7.84. The van der Waals surface area contributed by atoms with Crippen molar-refractivity contribution in [2.45, 2.75) is 6.92 Å². The molecule has 0 radical (unpaired) electrons. The number of aryl methyl sites for hydroxylation is 1. The minimum Gasteiger partial charge on any atom is -0.354 e. The van der Waals surface area contributed by atoms with Gasteiger partial charge in [-0.3, -0.25) is 5.43 Å². The predicted octanol–water partition coefficient (Wildman–Crippen LogP) is 4.53. The molecule has 22 heavy (non-hydrogen) atoms. The molecule has 2 aromatic heterocycles. The Kier molecular flexibility index (Phi) is 3.12. The summed E-state index contributed by atoms with van der Waals surface area (Å²) in [5, 5.41) is 6.26. The molecule has 4 rings (SSSR count). The molecule has 2 N–H and O–H groups in total. The van der Waals surface area contributed by atoms with Gasteiger partial charge in [0.25, 0.3) is 0 Å². The van der Waals surface area contributed by atoms with Crippen molar-refractivity contribution in [1.82, 2.24) is 9.97 Å². The quantitative estimate of drug-likeness (QED) is 0.431. The van der Waals surface area contributed by atoms with Gasteiger partial charge in [0.15, 0.2) is 0 Å². The normalized spacial score (nSPS) is 11.7. The van der Waals surface area contributed by atoms with E-state index in [1.807, 2.05) is 24.3 Å². The molecule has 0 saturated carbocycles. The van der Waals surface area contributed by atoms with Crippen molar-refractivity contribution >= 4 is 43.8 Å². The van der Waals surface area contributed by atoms with Crippen molar-refractivity contribution < 1.29 is 0 Å². The Morgan fingerprint density at radius 2 is 2.09 bits per heavy atom. The van der Waals surface area contributed by atoms with E-state index in [-0.39, 0.29) is 0 Å². The second-order valence-corrected chi connectivity index (χ2v) is 6.12. The molecule has 0 spiro atoms. The number of fused-ring (bicyclic) bond motifs is 2. The van der Waals surface area contributed by atoms with Crippen LogP contribution in [-0.2, 0) is 0 Å². The van der Waals surface area contributed by atoms with E-state index in [2.05, 4.69) is 51.7 Å². The van der Waals surface area contributed by atoms with Crippen LogP contribution in [0.4, 0.5) is 5.13 Å². The van der Waals surface area contributed by atoms with E-state index in [0.717, 1.165) is 21.9 Å². The van der Waals surface area contributed by atoms with E-state index in [4.69, 9.17) is 0 Å². The molecule has 0 saturated heterocycles. The molecule has 2 aromatic carbocycles. The molecule has 0 fully saturated rings. The number of aromatic nitrogens is 2. The van der Waals surface area contributed by atoms with Crippen LogP contribution in [0, 0.1) is 6.92 Å². The van der Waals surface area contributed by atoms with Gasteiger partial charge in [0.1, 0.15) is 0 Å². The lowest BCUT2D eigenvalue weighted by atomic mass is 10.2. The number of H-pyrrole nitrogens is 1. The summed E-state index contributed by atoms with van der Waals surface area (Å²) in [5.41, 5.74) is 7.33. The Hall–Kier alpha value is -2.66. The fraction of sp³-hybridized carbons (Fsp3) is 0.0588. The van der Waals surface area contributed by atoms with Crippen LogP contribution in [0.1, 0.15) is 11.3 Å².